The number of aliphatic carboxylic acids is 1. The van der Waals surface area contributed by atoms with E-state index in [-0.39, 0.29) is 25.1 Å². The summed E-state index contributed by atoms with van der Waals surface area (Å²) in [5.41, 5.74) is -0.623. The molecule has 1 heterocycles. The summed E-state index contributed by atoms with van der Waals surface area (Å²) < 4.78 is 5.20. The number of nitrogens with one attached hydrogen (secondary N) is 1. The molecule has 0 atom stereocenters. The standard InChI is InChI=1S/C11H19N3O5/c1-11(19-5-9(16)17)6-14(7-11)10(18)13(3)4-8(15)12-2/h4-7H2,1-3H3,(H,12,15)(H,16,17). The van der Waals surface area contributed by atoms with E-state index in [2.05, 4.69) is 5.32 Å². The third kappa shape index (κ3) is 4.09. The van der Waals surface area contributed by atoms with E-state index in [1.165, 1.54) is 23.9 Å². The van der Waals surface area contributed by atoms with E-state index in [0.717, 1.165) is 0 Å². The molecule has 0 saturated carbocycles. The lowest BCUT2D eigenvalue weighted by atomic mass is 9.97. The van der Waals surface area contributed by atoms with Gasteiger partial charge in [-0.2, -0.15) is 0 Å². The quantitative estimate of drug-likeness (QED) is 0.666. The molecule has 0 aromatic heterocycles. The Kier molecular flexibility index (Phi) is 4.71. The van der Waals surface area contributed by atoms with Gasteiger partial charge in [-0.3, -0.25) is 4.79 Å². The van der Waals surface area contributed by atoms with Gasteiger partial charge in [-0.15, -0.1) is 0 Å². The van der Waals surface area contributed by atoms with Crippen LogP contribution in [0.1, 0.15) is 6.92 Å². The number of nitrogens with zero attached hydrogens (tertiary/aromatic N) is 2. The van der Waals surface area contributed by atoms with Gasteiger partial charge in [-0.25, -0.2) is 9.59 Å². The number of likely N-dealkylation sites (N-methyl/N-ethyl adjacent to an activating group) is 2. The number of carbonyl (C=O) groups is 3. The van der Waals surface area contributed by atoms with Gasteiger partial charge in [0.15, 0.2) is 0 Å². The molecule has 8 heteroatoms. The van der Waals surface area contributed by atoms with Crippen molar-refractivity contribution < 1.29 is 24.2 Å². The molecule has 0 aromatic rings. The predicted octanol–water partition coefficient (Wildman–Crippen LogP) is -1.04. The Morgan fingerprint density at radius 1 is 1.42 bits per heavy atom. The first kappa shape index (κ1) is 15.2. The number of amides is 3. The summed E-state index contributed by atoms with van der Waals surface area (Å²) in [6, 6.07) is -0.278. The van der Waals surface area contributed by atoms with Crippen molar-refractivity contribution >= 4 is 17.9 Å². The van der Waals surface area contributed by atoms with Gasteiger partial charge in [0.2, 0.25) is 5.91 Å². The maximum atomic E-state index is 11.9. The first-order chi connectivity index (χ1) is 8.77. The maximum absolute atomic E-state index is 11.9. The lowest BCUT2D eigenvalue weighted by Crippen LogP contribution is -2.65. The van der Waals surface area contributed by atoms with Crippen molar-refractivity contribution in [2.24, 2.45) is 0 Å². The Labute approximate surface area is 111 Å². The number of rotatable bonds is 5. The van der Waals surface area contributed by atoms with Crippen LogP contribution in [-0.4, -0.2) is 78.8 Å². The molecule has 0 aliphatic carbocycles. The van der Waals surface area contributed by atoms with Crippen LogP contribution < -0.4 is 5.32 Å². The van der Waals surface area contributed by atoms with Gasteiger partial charge >= 0.3 is 12.0 Å². The number of urea groups is 1. The molecule has 0 spiro atoms. The topological polar surface area (TPSA) is 99.2 Å². The van der Waals surface area contributed by atoms with Crippen molar-refractivity contribution in [3.05, 3.63) is 0 Å². The summed E-state index contributed by atoms with van der Waals surface area (Å²) in [7, 11) is 3.03. The Balaban J connectivity index is 2.38. The predicted molar refractivity (Wildman–Crippen MR) is 65.7 cm³/mol. The van der Waals surface area contributed by atoms with Gasteiger partial charge in [0.05, 0.1) is 13.1 Å². The van der Waals surface area contributed by atoms with Crippen molar-refractivity contribution in [2.75, 3.05) is 40.3 Å². The molecule has 1 rings (SSSR count). The fourth-order valence-electron chi connectivity index (χ4n) is 1.83. The van der Waals surface area contributed by atoms with Gasteiger partial charge in [0, 0.05) is 14.1 Å². The van der Waals surface area contributed by atoms with Gasteiger partial charge in [0.1, 0.15) is 18.8 Å². The van der Waals surface area contributed by atoms with E-state index in [1.54, 1.807) is 6.92 Å². The van der Waals surface area contributed by atoms with Crippen molar-refractivity contribution in [3.8, 4) is 0 Å². The molecule has 0 unspecified atom stereocenters. The number of hydrogen-bond donors (Lipinski definition) is 2. The lowest BCUT2D eigenvalue weighted by molar-refractivity contribution is -0.160. The summed E-state index contributed by atoms with van der Waals surface area (Å²) in [6.45, 7) is 1.98. The second kappa shape index (κ2) is 5.87. The monoisotopic (exact) mass is 273 g/mol. The molecule has 108 valence electrons. The summed E-state index contributed by atoms with van der Waals surface area (Å²) in [5, 5.41) is 11.0. The van der Waals surface area contributed by atoms with Gasteiger partial charge in [-0.1, -0.05) is 0 Å². The van der Waals surface area contributed by atoms with Crippen LogP contribution in [0.4, 0.5) is 4.79 Å². The van der Waals surface area contributed by atoms with E-state index in [0.29, 0.717) is 13.1 Å². The molecular formula is C11H19N3O5. The fraction of sp³-hybridized carbons (Fsp3) is 0.727. The molecule has 0 radical (unpaired) electrons. The zero-order valence-electron chi connectivity index (χ0n) is 11.3. The Bertz CT molecular complexity index is 379. The molecule has 2 N–H and O–H groups in total. The van der Waals surface area contributed by atoms with Crippen LogP contribution in [0.15, 0.2) is 0 Å². The highest BCUT2D eigenvalue weighted by atomic mass is 16.5. The average molecular weight is 273 g/mol. The Morgan fingerprint density at radius 2 is 2.00 bits per heavy atom. The second-order valence-corrected chi connectivity index (χ2v) is 4.80. The number of carboxylic acid groups (broad SMARTS) is 1. The molecular weight excluding hydrogens is 254 g/mol. The summed E-state index contributed by atoms with van der Waals surface area (Å²) in [5.74, 6) is -1.29. The van der Waals surface area contributed by atoms with Gasteiger partial charge < -0.3 is 25.0 Å². The zero-order valence-corrected chi connectivity index (χ0v) is 11.3. The second-order valence-electron chi connectivity index (χ2n) is 4.80. The largest absolute Gasteiger partial charge is 0.480 e. The van der Waals surface area contributed by atoms with Gasteiger partial charge in [-0.05, 0) is 6.92 Å². The molecule has 8 nitrogen and oxygen atoms in total. The highest BCUT2D eigenvalue weighted by Gasteiger charge is 2.43. The van der Waals surface area contributed by atoms with E-state index in [1.807, 2.05) is 0 Å². The zero-order chi connectivity index (χ0) is 14.6. The number of likely N-dealkylation sites (tertiary alicyclic amines) is 1. The summed E-state index contributed by atoms with van der Waals surface area (Å²) in [6.07, 6.45) is 0. The van der Waals surface area contributed by atoms with Crippen LogP contribution in [0.5, 0.6) is 0 Å². The molecule has 19 heavy (non-hydrogen) atoms. The Morgan fingerprint density at radius 3 is 2.47 bits per heavy atom. The molecule has 1 fully saturated rings. The number of ether oxygens (including phenoxy) is 1. The van der Waals surface area contributed by atoms with Crippen LogP contribution >= 0.6 is 0 Å². The third-order valence-corrected chi connectivity index (χ3v) is 2.85. The first-order valence-electron chi connectivity index (χ1n) is 5.84. The highest BCUT2D eigenvalue weighted by Crippen LogP contribution is 2.25. The maximum Gasteiger partial charge on any atom is 0.329 e. The summed E-state index contributed by atoms with van der Waals surface area (Å²) in [4.78, 5) is 36.3. The van der Waals surface area contributed by atoms with Crippen molar-refractivity contribution in [3.63, 3.8) is 0 Å². The van der Waals surface area contributed by atoms with E-state index in [4.69, 9.17) is 9.84 Å². The smallest absolute Gasteiger partial charge is 0.329 e. The van der Waals surface area contributed by atoms with Crippen LogP contribution in [0.2, 0.25) is 0 Å². The van der Waals surface area contributed by atoms with Gasteiger partial charge in [0.25, 0.3) is 0 Å². The van der Waals surface area contributed by atoms with Crippen molar-refractivity contribution in [2.45, 2.75) is 12.5 Å². The molecule has 1 saturated heterocycles. The highest BCUT2D eigenvalue weighted by molar-refractivity contribution is 5.84. The van der Waals surface area contributed by atoms with Crippen LogP contribution in [-0.2, 0) is 14.3 Å². The normalized spacial score (nSPS) is 16.5. The van der Waals surface area contributed by atoms with Crippen LogP contribution in [0.25, 0.3) is 0 Å². The van der Waals surface area contributed by atoms with E-state index < -0.39 is 11.6 Å². The number of carbonyl (C=O) groups excluding carboxylic acids is 2. The fourth-order valence-corrected chi connectivity index (χ4v) is 1.83. The van der Waals surface area contributed by atoms with Crippen molar-refractivity contribution in [1.29, 1.82) is 0 Å². The molecule has 1 aliphatic heterocycles. The van der Waals surface area contributed by atoms with Crippen molar-refractivity contribution in [1.82, 2.24) is 15.1 Å². The number of carboxylic acids is 1. The Hall–Kier alpha value is -1.83. The van der Waals surface area contributed by atoms with Crippen LogP contribution in [0.3, 0.4) is 0 Å². The van der Waals surface area contributed by atoms with E-state index in [9.17, 15) is 14.4 Å². The third-order valence-electron chi connectivity index (χ3n) is 2.85. The minimum atomic E-state index is -1.04. The average Bonchev–Trinajstić information content (AvgIpc) is 2.31. The molecule has 1 aliphatic rings. The molecule has 0 bridgehead atoms. The SMILES string of the molecule is CNC(=O)CN(C)C(=O)N1CC(C)(OCC(=O)O)C1. The minimum Gasteiger partial charge on any atom is -0.480 e. The minimum absolute atomic E-state index is 0.0153. The van der Waals surface area contributed by atoms with E-state index >= 15 is 0 Å². The van der Waals surface area contributed by atoms with Crippen LogP contribution in [0, 0.1) is 0 Å². The summed E-state index contributed by atoms with van der Waals surface area (Å²) >= 11 is 0. The number of hydrogen-bond acceptors (Lipinski definition) is 4. The lowest BCUT2D eigenvalue weighted by Gasteiger charge is -2.48. The molecule has 0 aromatic carbocycles. The first-order valence-corrected chi connectivity index (χ1v) is 5.84. The molecule has 3 amide bonds.